The average Bonchev–Trinajstić information content (AvgIpc) is 2.48. The van der Waals surface area contributed by atoms with E-state index in [4.69, 9.17) is 4.74 Å². The maximum absolute atomic E-state index is 13.5. The maximum Gasteiger partial charge on any atom is 0.401 e. The van der Waals surface area contributed by atoms with E-state index in [2.05, 4.69) is 4.74 Å². The fourth-order valence-corrected chi connectivity index (χ4v) is 3.92. The quantitative estimate of drug-likeness (QED) is 0.350. The molecular formula is C15H23F5O5S. The minimum absolute atomic E-state index is 0.0175. The van der Waals surface area contributed by atoms with Gasteiger partial charge in [0.1, 0.15) is 15.8 Å². The van der Waals surface area contributed by atoms with Gasteiger partial charge < -0.3 is 9.47 Å². The number of alkyl halides is 5. The molecule has 26 heavy (non-hydrogen) atoms. The van der Waals surface area contributed by atoms with E-state index in [0.717, 1.165) is 0 Å². The summed E-state index contributed by atoms with van der Waals surface area (Å²) in [5, 5.41) is 0. The topological polar surface area (TPSA) is 69.7 Å². The summed E-state index contributed by atoms with van der Waals surface area (Å²) in [6.45, 7) is 0.234. The first-order valence-electron chi connectivity index (χ1n) is 8.15. The first-order valence-corrected chi connectivity index (χ1v) is 9.97. The Hall–Kier alpha value is -0.970. The van der Waals surface area contributed by atoms with Crippen LogP contribution in [0.2, 0.25) is 0 Å². The van der Waals surface area contributed by atoms with Crippen LogP contribution in [0.25, 0.3) is 0 Å². The van der Waals surface area contributed by atoms with Crippen molar-refractivity contribution in [3.05, 3.63) is 0 Å². The normalized spacial score (nSPS) is 21.2. The summed E-state index contributed by atoms with van der Waals surface area (Å²) >= 11 is 0. The molecule has 0 amide bonds. The van der Waals surface area contributed by atoms with Crippen LogP contribution < -0.4 is 0 Å². The van der Waals surface area contributed by atoms with Gasteiger partial charge in [0.15, 0.2) is 6.10 Å². The lowest BCUT2D eigenvalue weighted by Crippen LogP contribution is -2.42. The van der Waals surface area contributed by atoms with Gasteiger partial charge in [-0.05, 0) is 32.1 Å². The van der Waals surface area contributed by atoms with E-state index in [9.17, 15) is 35.2 Å². The third-order valence-electron chi connectivity index (χ3n) is 4.28. The Morgan fingerprint density at radius 1 is 1.15 bits per heavy atom. The van der Waals surface area contributed by atoms with Gasteiger partial charge in [0, 0.05) is 13.5 Å². The van der Waals surface area contributed by atoms with Gasteiger partial charge in [-0.3, -0.25) is 4.79 Å². The molecule has 1 heterocycles. The van der Waals surface area contributed by atoms with E-state index in [1.54, 1.807) is 0 Å². The Morgan fingerprint density at radius 3 is 2.15 bits per heavy atom. The lowest BCUT2D eigenvalue weighted by Gasteiger charge is -2.26. The summed E-state index contributed by atoms with van der Waals surface area (Å²) in [6, 6.07) is 0. The van der Waals surface area contributed by atoms with Gasteiger partial charge in [-0.15, -0.1) is 0 Å². The minimum atomic E-state index is -4.88. The Kier molecular flexibility index (Phi) is 7.82. The van der Waals surface area contributed by atoms with Crippen molar-refractivity contribution in [1.82, 2.24) is 0 Å². The second-order valence-corrected chi connectivity index (χ2v) is 8.91. The van der Waals surface area contributed by atoms with Crippen molar-refractivity contribution in [2.75, 3.05) is 24.7 Å². The molecule has 0 spiro atoms. The summed E-state index contributed by atoms with van der Waals surface area (Å²) in [4.78, 5) is 11.4. The van der Waals surface area contributed by atoms with Crippen LogP contribution in [-0.4, -0.2) is 57.3 Å². The number of ether oxygens (including phenoxy) is 2. The van der Waals surface area contributed by atoms with Gasteiger partial charge in [-0.1, -0.05) is 0 Å². The number of sulfone groups is 1. The largest absolute Gasteiger partial charge is 0.453 e. The molecule has 5 nitrogen and oxygen atoms in total. The fourth-order valence-electron chi connectivity index (χ4n) is 2.33. The zero-order valence-corrected chi connectivity index (χ0v) is 15.3. The summed E-state index contributed by atoms with van der Waals surface area (Å²) in [7, 11) is -3.00. The monoisotopic (exact) mass is 410 g/mol. The summed E-state index contributed by atoms with van der Waals surface area (Å²) < 4.78 is 96.3. The molecule has 2 atom stereocenters. The first-order chi connectivity index (χ1) is 11.7. The number of carbonyl (C=O) groups excluding carboxylic acids is 1. The average molecular weight is 410 g/mol. The highest BCUT2D eigenvalue weighted by Gasteiger charge is 2.46. The molecule has 154 valence electrons. The summed E-state index contributed by atoms with van der Waals surface area (Å²) in [5.41, 5.74) is 0. The number of rotatable bonds is 8. The molecule has 0 bridgehead atoms. The van der Waals surface area contributed by atoms with Crippen molar-refractivity contribution in [2.45, 2.75) is 51.3 Å². The van der Waals surface area contributed by atoms with Crippen LogP contribution in [0.15, 0.2) is 0 Å². The van der Waals surface area contributed by atoms with Crippen molar-refractivity contribution in [2.24, 2.45) is 11.8 Å². The Bertz CT molecular complexity index is 556. The second kappa shape index (κ2) is 8.81. The van der Waals surface area contributed by atoms with Gasteiger partial charge in [-0.25, -0.2) is 17.2 Å². The molecular weight excluding hydrogens is 387 g/mol. The molecule has 0 N–H and O–H groups in total. The van der Waals surface area contributed by atoms with Crippen molar-refractivity contribution in [3.63, 3.8) is 0 Å². The summed E-state index contributed by atoms with van der Waals surface area (Å²) in [6.07, 6.45) is -5.67. The zero-order chi connectivity index (χ0) is 20.2. The van der Waals surface area contributed by atoms with Crippen molar-refractivity contribution in [1.29, 1.82) is 0 Å². The van der Waals surface area contributed by atoms with E-state index in [1.165, 1.54) is 0 Å². The Morgan fingerprint density at radius 2 is 1.69 bits per heavy atom. The highest BCUT2D eigenvalue weighted by Crippen LogP contribution is 2.29. The smallest absolute Gasteiger partial charge is 0.401 e. The SMILES string of the molecule is CC(C(=O)OC(COCCC1CCS(=O)(=O)CC1)C(C)(F)F)C(F)(F)F. The molecule has 1 rings (SSSR count). The minimum Gasteiger partial charge on any atom is -0.453 e. The van der Waals surface area contributed by atoms with Gasteiger partial charge in [-0.2, -0.15) is 13.2 Å². The molecule has 1 aliphatic rings. The highest BCUT2D eigenvalue weighted by atomic mass is 32.2. The molecule has 0 aromatic carbocycles. The van der Waals surface area contributed by atoms with Crippen LogP contribution in [0.3, 0.4) is 0 Å². The number of carbonyl (C=O) groups is 1. The predicted octanol–water partition coefficient (Wildman–Crippen LogP) is 2.98. The number of esters is 1. The van der Waals surface area contributed by atoms with E-state index in [0.29, 0.717) is 33.1 Å². The van der Waals surface area contributed by atoms with Gasteiger partial charge in [0.2, 0.25) is 0 Å². The van der Waals surface area contributed by atoms with Gasteiger partial charge in [0.25, 0.3) is 5.92 Å². The Balaban J connectivity index is 2.45. The third kappa shape index (κ3) is 7.73. The van der Waals surface area contributed by atoms with Crippen LogP contribution in [0.4, 0.5) is 22.0 Å². The van der Waals surface area contributed by atoms with Crippen LogP contribution in [0, 0.1) is 11.8 Å². The molecule has 0 saturated carbocycles. The zero-order valence-electron chi connectivity index (χ0n) is 14.5. The van der Waals surface area contributed by atoms with Crippen LogP contribution >= 0.6 is 0 Å². The first kappa shape index (κ1) is 23.1. The van der Waals surface area contributed by atoms with Gasteiger partial charge >= 0.3 is 12.1 Å². The molecule has 0 radical (unpaired) electrons. The molecule has 0 aromatic heterocycles. The summed E-state index contributed by atoms with van der Waals surface area (Å²) in [5.74, 6) is -7.66. The second-order valence-electron chi connectivity index (χ2n) is 6.60. The molecule has 2 unspecified atom stereocenters. The molecule has 11 heteroatoms. The molecule has 0 aliphatic carbocycles. The van der Waals surface area contributed by atoms with Crippen molar-refractivity contribution < 1.29 is 44.6 Å². The number of hydrogen-bond donors (Lipinski definition) is 0. The number of hydrogen-bond acceptors (Lipinski definition) is 5. The van der Waals surface area contributed by atoms with E-state index in [-0.39, 0.29) is 24.0 Å². The van der Waals surface area contributed by atoms with E-state index in [1.807, 2.05) is 0 Å². The van der Waals surface area contributed by atoms with Crippen molar-refractivity contribution in [3.8, 4) is 0 Å². The maximum atomic E-state index is 13.5. The lowest BCUT2D eigenvalue weighted by atomic mass is 10.00. The predicted molar refractivity (Wildman–Crippen MR) is 82.5 cm³/mol. The van der Waals surface area contributed by atoms with Gasteiger partial charge in [0.05, 0.1) is 18.1 Å². The van der Waals surface area contributed by atoms with E-state index < -0.39 is 46.5 Å². The highest BCUT2D eigenvalue weighted by molar-refractivity contribution is 7.91. The van der Waals surface area contributed by atoms with E-state index >= 15 is 0 Å². The number of halogens is 5. The third-order valence-corrected chi connectivity index (χ3v) is 6.00. The Labute approximate surface area is 149 Å². The molecule has 1 aliphatic heterocycles. The fraction of sp³-hybridized carbons (Fsp3) is 0.933. The molecule has 1 fully saturated rings. The van der Waals surface area contributed by atoms with Crippen LogP contribution in [0.1, 0.15) is 33.1 Å². The van der Waals surface area contributed by atoms with Crippen LogP contribution in [-0.2, 0) is 24.1 Å². The van der Waals surface area contributed by atoms with Crippen molar-refractivity contribution >= 4 is 15.8 Å². The lowest BCUT2D eigenvalue weighted by molar-refractivity contribution is -0.212. The molecule has 1 saturated heterocycles. The standard InChI is InChI=1S/C15H23F5O5S/c1-10(15(18,19)20)13(21)25-12(14(2,16)17)9-24-6-3-11-4-7-26(22,23)8-5-11/h10-12H,3-9H2,1-2H3. The molecule has 0 aromatic rings. The van der Waals surface area contributed by atoms with Crippen LogP contribution in [0.5, 0.6) is 0 Å².